The molecule has 0 aromatic rings. The Morgan fingerprint density at radius 3 is 2.58 bits per heavy atom. The molecular formula is C17H30N4O3. The normalized spacial score (nSPS) is 28.9. The zero-order chi connectivity index (χ0) is 17.1. The van der Waals surface area contributed by atoms with Gasteiger partial charge in [-0.25, -0.2) is 4.79 Å². The molecule has 3 fully saturated rings. The van der Waals surface area contributed by atoms with Gasteiger partial charge in [-0.3, -0.25) is 4.79 Å². The maximum absolute atomic E-state index is 12.8. The molecule has 7 nitrogen and oxygen atoms in total. The van der Waals surface area contributed by atoms with Crippen LogP contribution in [0.5, 0.6) is 0 Å². The molecule has 3 rings (SSSR count). The number of likely N-dealkylation sites (N-methyl/N-ethyl adjacent to an activating group) is 1. The molecule has 1 N–H and O–H groups in total. The Hall–Kier alpha value is -1.34. The Kier molecular flexibility index (Phi) is 5.61. The molecule has 0 aromatic carbocycles. The Labute approximate surface area is 144 Å². The van der Waals surface area contributed by atoms with Crippen LogP contribution in [0, 0.1) is 5.92 Å². The number of likely N-dealkylation sites (tertiary alicyclic amines) is 2. The SMILES string of the molecule is CN1CCN(C(=O)N2CC[C@@H]3[C@@H](CCC(=O)N3CCCO)C2)CC1. The molecule has 0 unspecified atom stereocenters. The maximum atomic E-state index is 12.8. The van der Waals surface area contributed by atoms with E-state index in [1.165, 1.54) is 0 Å². The van der Waals surface area contributed by atoms with E-state index < -0.39 is 0 Å². The van der Waals surface area contributed by atoms with Gasteiger partial charge in [-0.15, -0.1) is 0 Å². The summed E-state index contributed by atoms with van der Waals surface area (Å²) in [5.74, 6) is 0.593. The molecule has 0 aliphatic carbocycles. The van der Waals surface area contributed by atoms with E-state index in [1.807, 2.05) is 14.7 Å². The molecule has 0 spiro atoms. The molecule has 7 heteroatoms. The molecular weight excluding hydrogens is 308 g/mol. The molecule has 3 amide bonds. The number of hydrogen-bond donors (Lipinski definition) is 1. The van der Waals surface area contributed by atoms with Gasteiger partial charge in [-0.1, -0.05) is 0 Å². The Morgan fingerprint density at radius 1 is 1.12 bits per heavy atom. The zero-order valence-electron chi connectivity index (χ0n) is 14.7. The van der Waals surface area contributed by atoms with Crippen molar-refractivity contribution in [2.75, 3.05) is 59.5 Å². The van der Waals surface area contributed by atoms with Crippen molar-refractivity contribution >= 4 is 11.9 Å². The van der Waals surface area contributed by atoms with E-state index in [1.54, 1.807) is 0 Å². The van der Waals surface area contributed by atoms with Gasteiger partial charge >= 0.3 is 6.03 Å². The summed E-state index contributed by atoms with van der Waals surface area (Å²) in [7, 11) is 2.09. The van der Waals surface area contributed by atoms with Crippen LogP contribution in [0.2, 0.25) is 0 Å². The van der Waals surface area contributed by atoms with E-state index in [0.29, 0.717) is 25.3 Å². The van der Waals surface area contributed by atoms with Crippen LogP contribution >= 0.6 is 0 Å². The van der Waals surface area contributed by atoms with Crippen LogP contribution < -0.4 is 0 Å². The lowest BCUT2D eigenvalue weighted by atomic mass is 9.83. The average Bonchev–Trinajstić information content (AvgIpc) is 2.60. The van der Waals surface area contributed by atoms with Gasteiger partial charge in [0.25, 0.3) is 0 Å². The predicted molar refractivity (Wildman–Crippen MR) is 90.6 cm³/mol. The van der Waals surface area contributed by atoms with E-state index in [4.69, 9.17) is 5.11 Å². The number of urea groups is 1. The van der Waals surface area contributed by atoms with Crippen molar-refractivity contribution < 1.29 is 14.7 Å². The third-order valence-electron chi connectivity index (χ3n) is 5.74. The minimum atomic E-state index is 0.120. The number of amides is 3. The Morgan fingerprint density at radius 2 is 1.88 bits per heavy atom. The molecule has 0 saturated carbocycles. The van der Waals surface area contributed by atoms with Gasteiger partial charge in [-0.05, 0) is 32.2 Å². The number of rotatable bonds is 3. The summed E-state index contributed by atoms with van der Waals surface area (Å²) >= 11 is 0. The monoisotopic (exact) mass is 338 g/mol. The van der Waals surface area contributed by atoms with E-state index in [0.717, 1.165) is 52.1 Å². The Balaban J connectivity index is 1.58. The number of piperidine rings is 2. The zero-order valence-corrected chi connectivity index (χ0v) is 14.7. The van der Waals surface area contributed by atoms with Gasteiger partial charge in [0.2, 0.25) is 5.91 Å². The molecule has 3 aliphatic rings. The highest BCUT2D eigenvalue weighted by molar-refractivity contribution is 5.78. The van der Waals surface area contributed by atoms with Gasteiger partial charge in [0, 0.05) is 64.9 Å². The summed E-state index contributed by atoms with van der Waals surface area (Å²) in [4.78, 5) is 33.1. The number of carbonyl (C=O) groups excluding carboxylic acids is 2. The number of aliphatic hydroxyl groups excluding tert-OH is 1. The molecule has 0 bridgehead atoms. The van der Waals surface area contributed by atoms with Crippen LogP contribution in [0.4, 0.5) is 4.79 Å². The first-order valence-corrected chi connectivity index (χ1v) is 9.23. The lowest BCUT2D eigenvalue weighted by Crippen LogP contribution is -2.60. The number of carbonyl (C=O) groups is 2. The van der Waals surface area contributed by atoms with Crippen LogP contribution in [0.3, 0.4) is 0 Å². The number of nitrogens with zero attached hydrogens (tertiary/aromatic N) is 4. The predicted octanol–water partition coefficient (Wildman–Crippen LogP) is 0.0491. The first-order valence-electron chi connectivity index (χ1n) is 9.23. The fourth-order valence-electron chi connectivity index (χ4n) is 4.25. The molecule has 0 aromatic heterocycles. The summed E-state index contributed by atoms with van der Waals surface area (Å²) in [5, 5.41) is 9.06. The highest BCUT2D eigenvalue weighted by Gasteiger charge is 2.40. The van der Waals surface area contributed by atoms with Crippen molar-refractivity contribution in [3.05, 3.63) is 0 Å². The second-order valence-corrected chi connectivity index (χ2v) is 7.34. The standard InChI is InChI=1S/C17H30N4O3/c1-18-8-10-19(11-9-18)17(24)20-7-5-15-14(13-20)3-4-16(23)21(15)6-2-12-22/h14-15,22H,2-13H2,1H3/t14-,15+/m0/s1. The summed E-state index contributed by atoms with van der Waals surface area (Å²) < 4.78 is 0. The molecule has 3 saturated heterocycles. The maximum Gasteiger partial charge on any atom is 0.320 e. The van der Waals surface area contributed by atoms with Gasteiger partial charge < -0.3 is 24.7 Å². The highest BCUT2D eigenvalue weighted by atomic mass is 16.3. The average molecular weight is 338 g/mol. The second kappa shape index (κ2) is 7.70. The summed E-state index contributed by atoms with van der Waals surface area (Å²) in [6.45, 7) is 5.75. The molecule has 3 aliphatic heterocycles. The minimum absolute atomic E-state index is 0.120. The van der Waals surface area contributed by atoms with E-state index in [9.17, 15) is 9.59 Å². The van der Waals surface area contributed by atoms with Crippen LogP contribution in [0.25, 0.3) is 0 Å². The molecule has 2 atom stereocenters. The third-order valence-corrected chi connectivity index (χ3v) is 5.74. The van der Waals surface area contributed by atoms with Crippen LogP contribution in [0.1, 0.15) is 25.7 Å². The van der Waals surface area contributed by atoms with Crippen molar-refractivity contribution in [2.45, 2.75) is 31.7 Å². The summed E-state index contributed by atoms with van der Waals surface area (Å²) in [6, 6.07) is 0.412. The number of piperazine rings is 1. The lowest BCUT2D eigenvalue weighted by Gasteiger charge is -2.48. The second-order valence-electron chi connectivity index (χ2n) is 7.34. The molecule has 24 heavy (non-hydrogen) atoms. The molecule has 136 valence electrons. The van der Waals surface area contributed by atoms with Crippen LogP contribution in [0.15, 0.2) is 0 Å². The number of aliphatic hydroxyl groups is 1. The Bertz CT molecular complexity index is 465. The largest absolute Gasteiger partial charge is 0.396 e. The topological polar surface area (TPSA) is 67.3 Å². The fourth-order valence-corrected chi connectivity index (χ4v) is 4.25. The van der Waals surface area contributed by atoms with Gasteiger partial charge in [0.05, 0.1) is 0 Å². The first-order chi connectivity index (χ1) is 11.6. The highest BCUT2D eigenvalue weighted by Crippen LogP contribution is 2.31. The van der Waals surface area contributed by atoms with Crippen molar-refractivity contribution in [3.63, 3.8) is 0 Å². The van der Waals surface area contributed by atoms with Crippen molar-refractivity contribution in [1.82, 2.24) is 19.6 Å². The number of fused-ring (bicyclic) bond motifs is 1. The smallest absolute Gasteiger partial charge is 0.320 e. The van der Waals surface area contributed by atoms with Gasteiger partial charge in [0.1, 0.15) is 0 Å². The fraction of sp³-hybridized carbons (Fsp3) is 0.882. The first kappa shape index (κ1) is 17.5. The quantitative estimate of drug-likeness (QED) is 0.790. The van der Waals surface area contributed by atoms with E-state index >= 15 is 0 Å². The molecule has 3 heterocycles. The van der Waals surface area contributed by atoms with Gasteiger partial charge in [0.15, 0.2) is 0 Å². The lowest BCUT2D eigenvalue weighted by molar-refractivity contribution is -0.140. The molecule has 0 radical (unpaired) electrons. The summed E-state index contributed by atoms with van der Waals surface area (Å²) in [5.41, 5.74) is 0. The third kappa shape index (κ3) is 3.67. The van der Waals surface area contributed by atoms with Gasteiger partial charge in [-0.2, -0.15) is 0 Å². The van der Waals surface area contributed by atoms with Crippen molar-refractivity contribution in [3.8, 4) is 0 Å². The summed E-state index contributed by atoms with van der Waals surface area (Å²) in [6.07, 6.45) is 2.95. The van der Waals surface area contributed by atoms with E-state index in [-0.39, 0.29) is 24.6 Å². The van der Waals surface area contributed by atoms with Crippen molar-refractivity contribution in [1.29, 1.82) is 0 Å². The van der Waals surface area contributed by atoms with Crippen LogP contribution in [-0.2, 0) is 4.79 Å². The number of hydrogen-bond acceptors (Lipinski definition) is 4. The van der Waals surface area contributed by atoms with Crippen LogP contribution in [-0.4, -0.2) is 102 Å². The van der Waals surface area contributed by atoms with Crippen molar-refractivity contribution in [2.24, 2.45) is 5.92 Å². The van der Waals surface area contributed by atoms with E-state index in [2.05, 4.69) is 11.9 Å². The minimum Gasteiger partial charge on any atom is -0.396 e.